The van der Waals surface area contributed by atoms with Crippen molar-refractivity contribution < 1.29 is 0 Å². The summed E-state index contributed by atoms with van der Waals surface area (Å²) in [6.45, 7) is 3.14. The Morgan fingerprint density at radius 1 is 1.47 bits per heavy atom. The van der Waals surface area contributed by atoms with Crippen molar-refractivity contribution in [2.24, 2.45) is 0 Å². The minimum Gasteiger partial charge on any atom is -0.309 e. The number of thiazole rings is 1. The van der Waals surface area contributed by atoms with Gasteiger partial charge in [-0.2, -0.15) is 0 Å². The van der Waals surface area contributed by atoms with Crippen LogP contribution in [0.2, 0.25) is 0 Å². The highest BCUT2D eigenvalue weighted by Crippen LogP contribution is 2.23. The molecule has 2 aromatic rings. The standard InChI is InChI=1S/C11H14N2S2/c1-2-13-10(11-7-12-8-15-11)6-9-4-3-5-14-9/h3-5,7-8,10,13H,2,6H2,1H3. The van der Waals surface area contributed by atoms with E-state index in [4.69, 9.17) is 0 Å². The van der Waals surface area contributed by atoms with E-state index in [1.54, 1.807) is 11.3 Å². The third-order valence-corrected chi connectivity index (χ3v) is 4.02. The summed E-state index contributed by atoms with van der Waals surface area (Å²) < 4.78 is 0. The zero-order valence-corrected chi connectivity index (χ0v) is 10.3. The summed E-state index contributed by atoms with van der Waals surface area (Å²) >= 11 is 3.54. The van der Waals surface area contributed by atoms with Gasteiger partial charge < -0.3 is 5.32 Å². The van der Waals surface area contributed by atoms with E-state index in [-0.39, 0.29) is 0 Å². The van der Waals surface area contributed by atoms with Crippen molar-refractivity contribution in [3.8, 4) is 0 Å². The van der Waals surface area contributed by atoms with Gasteiger partial charge in [-0.25, -0.2) is 0 Å². The van der Waals surface area contributed by atoms with Crippen LogP contribution in [0.1, 0.15) is 22.7 Å². The summed E-state index contributed by atoms with van der Waals surface area (Å²) in [6, 6.07) is 4.72. The molecular weight excluding hydrogens is 224 g/mol. The Labute approximate surface area is 98.0 Å². The number of hydrogen-bond donors (Lipinski definition) is 1. The van der Waals surface area contributed by atoms with Crippen LogP contribution in [0.15, 0.2) is 29.2 Å². The van der Waals surface area contributed by atoms with E-state index in [0.717, 1.165) is 13.0 Å². The van der Waals surface area contributed by atoms with Crippen LogP contribution in [-0.2, 0) is 6.42 Å². The predicted octanol–water partition coefficient (Wildman–Crippen LogP) is 3.10. The first-order valence-corrected chi connectivity index (χ1v) is 6.80. The van der Waals surface area contributed by atoms with Crippen LogP contribution in [0.25, 0.3) is 0 Å². The second kappa shape index (κ2) is 5.39. The summed E-state index contributed by atoms with van der Waals surface area (Å²) in [5.74, 6) is 0. The zero-order valence-electron chi connectivity index (χ0n) is 8.64. The molecule has 4 heteroatoms. The van der Waals surface area contributed by atoms with Crippen molar-refractivity contribution in [1.29, 1.82) is 0 Å². The van der Waals surface area contributed by atoms with Crippen LogP contribution < -0.4 is 5.32 Å². The normalized spacial score (nSPS) is 12.9. The highest BCUT2D eigenvalue weighted by Gasteiger charge is 2.12. The van der Waals surface area contributed by atoms with Gasteiger partial charge in [-0.1, -0.05) is 13.0 Å². The van der Waals surface area contributed by atoms with Crippen molar-refractivity contribution in [2.45, 2.75) is 19.4 Å². The topological polar surface area (TPSA) is 24.9 Å². The van der Waals surface area contributed by atoms with Crippen molar-refractivity contribution in [3.05, 3.63) is 39.0 Å². The Morgan fingerprint density at radius 2 is 2.40 bits per heavy atom. The van der Waals surface area contributed by atoms with E-state index in [9.17, 15) is 0 Å². The van der Waals surface area contributed by atoms with Gasteiger partial charge in [0.05, 0.1) is 5.51 Å². The van der Waals surface area contributed by atoms with Crippen molar-refractivity contribution in [1.82, 2.24) is 10.3 Å². The lowest BCUT2D eigenvalue weighted by molar-refractivity contribution is 0.561. The van der Waals surface area contributed by atoms with Crippen LogP contribution >= 0.6 is 22.7 Å². The van der Waals surface area contributed by atoms with E-state index < -0.39 is 0 Å². The smallest absolute Gasteiger partial charge is 0.0794 e. The molecule has 0 aliphatic heterocycles. The van der Waals surface area contributed by atoms with Gasteiger partial charge in [0.25, 0.3) is 0 Å². The highest BCUT2D eigenvalue weighted by molar-refractivity contribution is 7.10. The lowest BCUT2D eigenvalue weighted by atomic mass is 10.1. The molecular formula is C11H14N2S2. The molecule has 2 heterocycles. The maximum absolute atomic E-state index is 4.14. The summed E-state index contributed by atoms with van der Waals surface area (Å²) in [5.41, 5.74) is 1.90. The van der Waals surface area contributed by atoms with Crippen LogP contribution in [0.5, 0.6) is 0 Å². The molecule has 15 heavy (non-hydrogen) atoms. The quantitative estimate of drug-likeness (QED) is 0.866. The summed E-state index contributed by atoms with van der Waals surface area (Å²) in [6.07, 6.45) is 3.03. The van der Waals surface area contributed by atoms with Crippen LogP contribution in [0.4, 0.5) is 0 Å². The lowest BCUT2D eigenvalue weighted by Gasteiger charge is -2.14. The Morgan fingerprint density at radius 3 is 3.00 bits per heavy atom. The maximum Gasteiger partial charge on any atom is 0.0794 e. The largest absolute Gasteiger partial charge is 0.309 e. The zero-order chi connectivity index (χ0) is 10.5. The number of nitrogens with zero attached hydrogens (tertiary/aromatic N) is 1. The average molecular weight is 238 g/mol. The van der Waals surface area contributed by atoms with Gasteiger partial charge in [0.2, 0.25) is 0 Å². The molecule has 0 aliphatic rings. The summed E-state index contributed by atoms with van der Waals surface area (Å²) in [7, 11) is 0. The molecule has 0 saturated carbocycles. The molecule has 1 N–H and O–H groups in total. The number of rotatable bonds is 5. The lowest BCUT2D eigenvalue weighted by Crippen LogP contribution is -2.21. The fraction of sp³-hybridized carbons (Fsp3) is 0.364. The monoisotopic (exact) mass is 238 g/mol. The molecule has 2 nitrogen and oxygen atoms in total. The highest BCUT2D eigenvalue weighted by atomic mass is 32.1. The van der Waals surface area contributed by atoms with Gasteiger partial charge >= 0.3 is 0 Å². The molecule has 0 saturated heterocycles. The molecule has 1 unspecified atom stereocenters. The van der Waals surface area contributed by atoms with E-state index in [2.05, 4.69) is 34.7 Å². The van der Waals surface area contributed by atoms with Crippen LogP contribution in [-0.4, -0.2) is 11.5 Å². The van der Waals surface area contributed by atoms with Crippen molar-refractivity contribution in [2.75, 3.05) is 6.54 Å². The van der Waals surface area contributed by atoms with Gasteiger partial charge in [0.15, 0.2) is 0 Å². The molecule has 0 spiro atoms. The average Bonchev–Trinajstić information content (AvgIpc) is 2.89. The molecule has 0 fully saturated rings. The Kier molecular flexibility index (Phi) is 3.88. The SMILES string of the molecule is CCNC(Cc1cccs1)c1cncs1. The molecule has 2 aromatic heterocycles. The number of aromatic nitrogens is 1. The third-order valence-electron chi connectivity index (χ3n) is 2.23. The first kappa shape index (κ1) is 10.8. The molecule has 0 bridgehead atoms. The fourth-order valence-electron chi connectivity index (χ4n) is 1.55. The molecule has 0 aliphatic carbocycles. The molecule has 0 aromatic carbocycles. The van der Waals surface area contributed by atoms with Gasteiger partial charge in [-0.05, 0) is 18.0 Å². The van der Waals surface area contributed by atoms with Gasteiger partial charge in [0, 0.05) is 28.4 Å². The minimum absolute atomic E-state index is 0.418. The fourth-order valence-corrected chi connectivity index (χ4v) is 3.00. The van der Waals surface area contributed by atoms with E-state index in [1.807, 2.05) is 23.0 Å². The van der Waals surface area contributed by atoms with E-state index in [0.29, 0.717) is 6.04 Å². The molecule has 80 valence electrons. The maximum atomic E-state index is 4.14. The Hall–Kier alpha value is -0.710. The first-order chi connectivity index (χ1) is 7.40. The second-order valence-electron chi connectivity index (χ2n) is 3.30. The molecule has 0 radical (unpaired) electrons. The third kappa shape index (κ3) is 2.87. The van der Waals surface area contributed by atoms with Gasteiger partial charge in [-0.3, -0.25) is 4.98 Å². The van der Waals surface area contributed by atoms with Gasteiger partial charge in [0.1, 0.15) is 0 Å². The second-order valence-corrected chi connectivity index (χ2v) is 5.25. The molecule has 0 amide bonds. The van der Waals surface area contributed by atoms with Gasteiger partial charge in [-0.15, -0.1) is 22.7 Å². The number of likely N-dealkylation sites (N-methyl/N-ethyl adjacent to an activating group) is 1. The van der Waals surface area contributed by atoms with Crippen LogP contribution in [0.3, 0.4) is 0 Å². The van der Waals surface area contributed by atoms with Crippen LogP contribution in [0, 0.1) is 0 Å². The first-order valence-electron chi connectivity index (χ1n) is 5.04. The van der Waals surface area contributed by atoms with E-state index >= 15 is 0 Å². The Bertz CT molecular complexity index is 367. The summed E-state index contributed by atoms with van der Waals surface area (Å²) in [4.78, 5) is 6.89. The predicted molar refractivity (Wildman–Crippen MR) is 66.6 cm³/mol. The Balaban J connectivity index is 2.07. The number of hydrogen-bond acceptors (Lipinski definition) is 4. The summed E-state index contributed by atoms with van der Waals surface area (Å²) in [5, 5.41) is 5.63. The molecule has 2 rings (SSSR count). The minimum atomic E-state index is 0.418. The number of thiophene rings is 1. The molecule has 1 atom stereocenters. The van der Waals surface area contributed by atoms with Crippen molar-refractivity contribution in [3.63, 3.8) is 0 Å². The van der Waals surface area contributed by atoms with Crippen molar-refractivity contribution >= 4 is 22.7 Å². The van der Waals surface area contributed by atoms with E-state index in [1.165, 1.54) is 9.75 Å². The number of nitrogens with one attached hydrogen (secondary N) is 1.